The standard InChI is InChI=1S/C54H56N8O9S3/c1-52(2,3)70-49(66)53(4,5)71-60-42(39-32-73-50(56-39)59-54(35-18-12-9-13-19-35,36-20-14-10-15-21-36)37-22-16-11-17-23-37)45(63)58-43-46(64)62-44(48(65)69-29-33-24-26-38(67-7)27-25-33)34(30-72-47(43)62)31-74-51-57-40(55)28-41(68-8)61(51)6/h9-28,32,43,47,55H,29-31H2,1-8H3,(H2,56,58,59,63)/p+1/b60-42-. The number of nitrogens with zero attached hydrogens (tertiary/aromatic N) is 5. The lowest BCUT2D eigenvalue weighted by atomic mass is 9.77. The van der Waals surface area contributed by atoms with E-state index in [-0.39, 0.29) is 35.3 Å². The summed E-state index contributed by atoms with van der Waals surface area (Å²) in [5, 5.41) is 12.8. The summed E-state index contributed by atoms with van der Waals surface area (Å²) in [7, 11) is 4.87. The smallest absolute Gasteiger partial charge is 0.364 e. The number of thiazole rings is 1. The number of benzene rings is 4. The van der Waals surface area contributed by atoms with Crippen LogP contribution in [0.15, 0.2) is 148 Å². The summed E-state index contributed by atoms with van der Waals surface area (Å²) < 4.78 is 24.0. The Morgan fingerprint density at radius 1 is 0.865 bits per heavy atom. The van der Waals surface area contributed by atoms with Crippen LogP contribution in [-0.4, -0.2) is 92.7 Å². The molecule has 2 aliphatic rings. The van der Waals surface area contributed by atoms with Crippen molar-refractivity contribution >= 4 is 75.3 Å². The molecule has 1 fully saturated rings. The minimum absolute atomic E-state index is 0.0639. The first-order valence-corrected chi connectivity index (χ1v) is 26.3. The van der Waals surface area contributed by atoms with E-state index in [1.807, 2.05) is 91.0 Å². The third-order valence-electron chi connectivity index (χ3n) is 11.9. The fourth-order valence-electron chi connectivity index (χ4n) is 8.13. The Labute approximate surface area is 441 Å². The van der Waals surface area contributed by atoms with Gasteiger partial charge in [-0.15, -0.1) is 23.1 Å². The zero-order valence-electron chi connectivity index (χ0n) is 42.1. The normalized spacial score (nSPS) is 15.9. The van der Waals surface area contributed by atoms with Crippen molar-refractivity contribution in [2.45, 2.75) is 74.5 Å². The topological polar surface area (TPSA) is 210 Å². The maximum absolute atomic E-state index is 14.8. The molecule has 2 aromatic heterocycles. The van der Waals surface area contributed by atoms with Crippen molar-refractivity contribution in [3.05, 3.63) is 166 Å². The molecule has 4 N–H and O–H groups in total. The van der Waals surface area contributed by atoms with Gasteiger partial charge < -0.3 is 40.2 Å². The van der Waals surface area contributed by atoms with Gasteiger partial charge in [0.25, 0.3) is 17.7 Å². The quantitative estimate of drug-likeness (QED) is 0.0106. The van der Waals surface area contributed by atoms with Crippen LogP contribution >= 0.6 is 34.9 Å². The van der Waals surface area contributed by atoms with Crippen LogP contribution in [0.4, 0.5) is 10.9 Å². The largest absolute Gasteiger partial charge is 0.497 e. The number of nitrogens with one attached hydrogen (secondary N) is 2. The summed E-state index contributed by atoms with van der Waals surface area (Å²) in [6.07, 6.45) is 0. The molecule has 1 saturated heterocycles. The lowest BCUT2D eigenvalue weighted by Crippen LogP contribution is -2.71. The van der Waals surface area contributed by atoms with Crippen molar-refractivity contribution in [3.8, 4) is 11.6 Å². The molecule has 2 atom stereocenters. The summed E-state index contributed by atoms with van der Waals surface area (Å²) in [5.74, 6) is -0.909. The van der Waals surface area contributed by atoms with Gasteiger partial charge in [0.15, 0.2) is 10.8 Å². The van der Waals surface area contributed by atoms with E-state index in [1.165, 1.54) is 60.7 Å². The predicted molar refractivity (Wildman–Crippen MR) is 284 cm³/mol. The molecule has 8 rings (SSSR count). The molecular weight excluding hydrogens is 1000 g/mol. The number of anilines is 2. The number of amides is 2. The molecule has 0 bridgehead atoms. The number of carbonyl (C=O) groups excluding carboxylic acids is 4. The van der Waals surface area contributed by atoms with Gasteiger partial charge in [-0.1, -0.05) is 108 Å². The molecule has 4 aromatic carbocycles. The lowest BCUT2D eigenvalue weighted by molar-refractivity contribution is -0.717. The molecule has 4 heterocycles. The number of nitrogens with two attached hydrogens (primary N) is 1. The first-order valence-electron chi connectivity index (χ1n) is 23.4. The molecular formula is C54H57N8O9S3+. The fourth-order valence-corrected chi connectivity index (χ4v) is 11.3. The van der Waals surface area contributed by atoms with Gasteiger partial charge in [0.05, 0.1) is 27.3 Å². The molecule has 0 aliphatic carbocycles. The zero-order chi connectivity index (χ0) is 52.8. The van der Waals surface area contributed by atoms with Gasteiger partial charge in [-0.25, -0.2) is 14.6 Å². The van der Waals surface area contributed by atoms with Crippen molar-refractivity contribution in [2.75, 3.05) is 36.8 Å². The molecule has 2 unspecified atom stereocenters. The van der Waals surface area contributed by atoms with E-state index >= 15 is 0 Å². The Morgan fingerprint density at radius 3 is 2.04 bits per heavy atom. The van der Waals surface area contributed by atoms with Crippen LogP contribution in [0.1, 0.15) is 62.6 Å². The van der Waals surface area contributed by atoms with Gasteiger partial charge in [0.1, 0.15) is 46.3 Å². The van der Waals surface area contributed by atoms with Crippen molar-refractivity contribution < 1.29 is 47.5 Å². The molecule has 20 heteroatoms. The number of nitrogen functional groups attached to an aromatic ring is 1. The lowest BCUT2D eigenvalue weighted by Gasteiger charge is -2.49. The summed E-state index contributed by atoms with van der Waals surface area (Å²) in [4.78, 5) is 73.6. The van der Waals surface area contributed by atoms with Crippen molar-refractivity contribution in [2.24, 2.45) is 12.2 Å². The molecule has 0 spiro atoms. The average molecular weight is 1060 g/mol. The number of rotatable bonds is 19. The third-order valence-corrected chi connectivity index (χ3v) is 15.1. The Morgan fingerprint density at radius 2 is 1.47 bits per heavy atom. The van der Waals surface area contributed by atoms with Gasteiger partial charge in [0, 0.05) is 16.9 Å². The third kappa shape index (κ3) is 11.5. The number of oxime groups is 1. The number of β-lactam (4-membered cyclic amide) rings is 1. The first-order chi connectivity index (χ1) is 35.4. The van der Waals surface area contributed by atoms with Crippen LogP contribution in [0, 0.1) is 0 Å². The number of carbonyl (C=O) groups is 4. The first kappa shape index (κ1) is 52.9. The Bertz CT molecular complexity index is 2980. The van der Waals surface area contributed by atoms with Gasteiger partial charge in [-0.05, 0) is 91.3 Å². The number of methoxy groups -OCH3 is 2. The molecule has 0 radical (unpaired) electrons. The highest BCUT2D eigenvalue weighted by Gasteiger charge is 2.55. The second-order valence-electron chi connectivity index (χ2n) is 18.6. The Balaban J connectivity index is 1.11. The van der Waals surface area contributed by atoms with Crippen molar-refractivity contribution in [1.82, 2.24) is 20.2 Å². The summed E-state index contributed by atoms with van der Waals surface area (Å²) in [6, 6.07) is 37.4. The minimum atomic E-state index is -1.66. The predicted octanol–water partition coefficient (Wildman–Crippen LogP) is 7.40. The molecule has 74 heavy (non-hydrogen) atoms. The van der Waals surface area contributed by atoms with E-state index in [0.717, 1.165) is 16.7 Å². The van der Waals surface area contributed by atoms with E-state index < -0.39 is 51.9 Å². The van der Waals surface area contributed by atoms with E-state index in [1.54, 1.807) is 75.2 Å². The van der Waals surface area contributed by atoms with E-state index in [2.05, 4.69) is 20.8 Å². The molecule has 384 valence electrons. The van der Waals surface area contributed by atoms with E-state index in [0.29, 0.717) is 38.8 Å². The van der Waals surface area contributed by atoms with Gasteiger partial charge >= 0.3 is 17.1 Å². The Hall–Kier alpha value is -7.42. The SMILES string of the molecule is COc1ccc(COC(=O)C2=C(CSc3nc(N)cc(OC)[n+]3C)CSC3C(NC(=O)/C(=N\OC(C)(C)C(=O)OC(C)(C)C)c4csc(NC(c5ccccc5)(c5ccccc5)c5ccccc5)n4)C(=O)N23)cc1. The number of ether oxygens (including phenoxy) is 4. The van der Waals surface area contributed by atoms with Crippen molar-refractivity contribution in [3.63, 3.8) is 0 Å². The number of fused-ring (bicyclic) bond motifs is 1. The summed E-state index contributed by atoms with van der Waals surface area (Å²) in [5.41, 5.74) is 6.58. The monoisotopic (exact) mass is 1060 g/mol. The molecule has 2 amide bonds. The molecule has 2 aliphatic heterocycles. The van der Waals surface area contributed by atoms with Gasteiger partial charge in [-0.3, -0.25) is 14.5 Å². The highest BCUT2D eigenvalue weighted by Crippen LogP contribution is 2.43. The maximum atomic E-state index is 14.8. The number of esters is 2. The zero-order valence-corrected chi connectivity index (χ0v) is 44.6. The van der Waals surface area contributed by atoms with Crippen LogP contribution in [0.25, 0.3) is 0 Å². The van der Waals surface area contributed by atoms with Crippen LogP contribution < -0.4 is 30.4 Å². The minimum Gasteiger partial charge on any atom is -0.497 e. The van der Waals surface area contributed by atoms with E-state index in [9.17, 15) is 19.2 Å². The highest BCUT2D eigenvalue weighted by molar-refractivity contribution is 8.01. The van der Waals surface area contributed by atoms with E-state index in [4.69, 9.17) is 34.5 Å². The second kappa shape index (κ2) is 22.4. The van der Waals surface area contributed by atoms with Gasteiger partial charge in [0.2, 0.25) is 11.4 Å². The second-order valence-corrected chi connectivity index (χ2v) is 21.6. The fraction of sp³-hybridized carbons (Fsp3) is 0.296. The van der Waals surface area contributed by atoms with Gasteiger partial charge in [-0.2, -0.15) is 4.57 Å². The highest BCUT2D eigenvalue weighted by atomic mass is 32.2. The van der Waals surface area contributed by atoms with Crippen LogP contribution in [-0.2, 0) is 52.7 Å². The number of hydrogen-bond donors (Lipinski definition) is 3. The molecule has 17 nitrogen and oxygen atoms in total. The maximum Gasteiger partial charge on any atom is 0.364 e. The van der Waals surface area contributed by atoms with Crippen molar-refractivity contribution in [1.29, 1.82) is 0 Å². The number of thioether (sulfide) groups is 2. The summed E-state index contributed by atoms with van der Waals surface area (Å²) >= 11 is 3.91. The molecule has 6 aromatic rings. The number of hydrogen-bond acceptors (Lipinski definition) is 17. The Kier molecular flexibility index (Phi) is 16.0. The van der Waals surface area contributed by atoms with Crippen LogP contribution in [0.2, 0.25) is 0 Å². The van der Waals surface area contributed by atoms with Crippen LogP contribution in [0.5, 0.6) is 11.6 Å². The average Bonchev–Trinajstić information content (AvgIpc) is 3.86. The number of aromatic nitrogens is 3. The summed E-state index contributed by atoms with van der Waals surface area (Å²) in [6.45, 7) is 8.06. The molecule has 0 saturated carbocycles. The van der Waals surface area contributed by atoms with Crippen LogP contribution in [0.3, 0.4) is 0 Å².